The van der Waals surface area contributed by atoms with Crippen LogP contribution >= 0.6 is 15.6 Å². The van der Waals surface area contributed by atoms with Crippen molar-refractivity contribution < 1.29 is 80.2 Å². The Labute approximate surface area is 543 Å². The highest BCUT2D eigenvalue weighted by Crippen LogP contribution is 2.45. The van der Waals surface area contributed by atoms with Gasteiger partial charge >= 0.3 is 39.5 Å². The van der Waals surface area contributed by atoms with Gasteiger partial charge in [-0.05, 0) is 37.5 Å². The van der Waals surface area contributed by atoms with Gasteiger partial charge < -0.3 is 33.8 Å². The van der Waals surface area contributed by atoms with Crippen molar-refractivity contribution in [1.29, 1.82) is 0 Å². The van der Waals surface area contributed by atoms with Crippen molar-refractivity contribution >= 4 is 39.5 Å². The zero-order chi connectivity index (χ0) is 65.7. The number of carbonyl (C=O) groups excluding carboxylic acids is 4. The summed E-state index contributed by atoms with van der Waals surface area (Å²) in [7, 11) is -9.89. The number of rotatable bonds is 69. The SMILES string of the molecule is CCCCCCCCCCCCCCCC(=O)OC[C@H](COP(=O)(O)OC[C@@H](O)COP(=O)(O)OC[C@@H](COC(=O)CCCCCCCCC)OC(=O)CCCCCCCCCC(C)C)OC(=O)CCCCCCCCCCCCCCCCCCC(C)C. The molecule has 19 heteroatoms. The monoisotopic (exact) mass is 1310 g/mol. The van der Waals surface area contributed by atoms with Gasteiger partial charge in [-0.25, -0.2) is 9.13 Å². The summed E-state index contributed by atoms with van der Waals surface area (Å²) in [4.78, 5) is 72.4. The summed E-state index contributed by atoms with van der Waals surface area (Å²) in [6, 6.07) is 0. The topological polar surface area (TPSA) is 237 Å². The van der Waals surface area contributed by atoms with Crippen LogP contribution in [0.15, 0.2) is 0 Å². The Morgan fingerprint density at radius 3 is 0.764 bits per heavy atom. The van der Waals surface area contributed by atoms with Crippen molar-refractivity contribution in [2.75, 3.05) is 39.6 Å². The smallest absolute Gasteiger partial charge is 0.462 e. The molecule has 0 amide bonds. The molecule has 0 aromatic heterocycles. The van der Waals surface area contributed by atoms with Gasteiger partial charge in [-0.3, -0.25) is 37.3 Å². The minimum absolute atomic E-state index is 0.103. The molecule has 0 fully saturated rings. The van der Waals surface area contributed by atoms with Crippen LogP contribution in [-0.2, 0) is 65.4 Å². The number of aliphatic hydroxyl groups is 1. The molecule has 0 rings (SSSR count). The Kier molecular flexibility index (Phi) is 60.8. The largest absolute Gasteiger partial charge is 0.472 e. The Bertz CT molecular complexity index is 1730. The lowest BCUT2D eigenvalue weighted by Crippen LogP contribution is -2.30. The molecular weight excluding hydrogens is 1170 g/mol. The van der Waals surface area contributed by atoms with E-state index in [0.717, 1.165) is 109 Å². The molecule has 0 aromatic carbocycles. The van der Waals surface area contributed by atoms with Gasteiger partial charge in [-0.1, -0.05) is 305 Å². The van der Waals surface area contributed by atoms with Crippen LogP contribution in [0, 0.1) is 11.8 Å². The molecule has 0 aliphatic rings. The molecule has 0 saturated carbocycles. The summed E-state index contributed by atoms with van der Waals surface area (Å²) < 4.78 is 68.1. The number of ether oxygens (including phenoxy) is 4. The van der Waals surface area contributed by atoms with E-state index in [2.05, 4.69) is 41.5 Å². The Morgan fingerprint density at radius 2 is 0.517 bits per heavy atom. The number of phosphoric acid groups is 2. The van der Waals surface area contributed by atoms with E-state index in [1.807, 2.05) is 0 Å². The van der Waals surface area contributed by atoms with Crippen LogP contribution in [0.1, 0.15) is 356 Å². The first-order chi connectivity index (χ1) is 42.9. The van der Waals surface area contributed by atoms with E-state index < -0.39 is 97.5 Å². The molecule has 2 unspecified atom stereocenters. The van der Waals surface area contributed by atoms with E-state index in [0.29, 0.717) is 31.6 Å². The number of phosphoric ester groups is 2. The number of carbonyl (C=O) groups is 4. The summed E-state index contributed by atoms with van der Waals surface area (Å²) in [6.07, 6.45) is 47.4. The molecule has 0 aromatic rings. The molecule has 89 heavy (non-hydrogen) atoms. The van der Waals surface area contributed by atoms with E-state index in [4.69, 9.17) is 37.0 Å². The van der Waals surface area contributed by atoms with Crippen LogP contribution < -0.4 is 0 Å². The van der Waals surface area contributed by atoms with Crippen molar-refractivity contribution in [3.05, 3.63) is 0 Å². The van der Waals surface area contributed by atoms with Crippen LogP contribution in [0.3, 0.4) is 0 Å². The highest BCUT2D eigenvalue weighted by Gasteiger charge is 2.30. The van der Waals surface area contributed by atoms with Gasteiger partial charge in [0.25, 0.3) is 0 Å². The van der Waals surface area contributed by atoms with Gasteiger partial charge in [-0.15, -0.1) is 0 Å². The minimum Gasteiger partial charge on any atom is -0.462 e. The molecule has 528 valence electrons. The first-order valence-corrected chi connectivity index (χ1v) is 39.5. The van der Waals surface area contributed by atoms with Crippen LogP contribution in [0.25, 0.3) is 0 Å². The lowest BCUT2D eigenvalue weighted by atomic mass is 10.0. The molecule has 0 spiro atoms. The maximum Gasteiger partial charge on any atom is 0.472 e. The van der Waals surface area contributed by atoms with Crippen LogP contribution in [0.2, 0.25) is 0 Å². The van der Waals surface area contributed by atoms with Gasteiger partial charge in [0.2, 0.25) is 0 Å². The third kappa shape index (κ3) is 64.6. The Hall–Kier alpha value is -1.94. The van der Waals surface area contributed by atoms with Crippen LogP contribution in [0.5, 0.6) is 0 Å². The fraction of sp³-hybridized carbons (Fsp3) is 0.943. The maximum atomic E-state index is 13.0. The summed E-state index contributed by atoms with van der Waals surface area (Å²) in [5, 5.41) is 10.6. The second-order valence-electron chi connectivity index (χ2n) is 26.2. The van der Waals surface area contributed by atoms with Crippen molar-refractivity contribution in [3.8, 4) is 0 Å². The van der Waals surface area contributed by atoms with Crippen molar-refractivity contribution in [2.45, 2.75) is 374 Å². The number of unbranched alkanes of at least 4 members (excludes halogenated alkanes) is 39. The molecule has 0 bridgehead atoms. The fourth-order valence-electron chi connectivity index (χ4n) is 10.6. The number of esters is 4. The zero-order valence-corrected chi connectivity index (χ0v) is 59.5. The molecular formula is C70H136O17P2. The van der Waals surface area contributed by atoms with E-state index in [1.165, 1.54) is 161 Å². The molecule has 3 N–H and O–H groups in total. The van der Waals surface area contributed by atoms with Crippen molar-refractivity contribution in [2.24, 2.45) is 11.8 Å². The van der Waals surface area contributed by atoms with Gasteiger partial charge in [0.05, 0.1) is 26.4 Å². The van der Waals surface area contributed by atoms with Crippen molar-refractivity contribution in [3.63, 3.8) is 0 Å². The lowest BCUT2D eigenvalue weighted by Gasteiger charge is -2.21. The summed E-state index contributed by atoms with van der Waals surface area (Å²) in [6.45, 7) is 9.47. The Balaban J connectivity index is 5.17. The number of aliphatic hydroxyl groups excluding tert-OH is 1. The molecule has 0 radical (unpaired) electrons. The summed E-state index contributed by atoms with van der Waals surface area (Å²) in [5.41, 5.74) is 0. The Morgan fingerprint density at radius 1 is 0.303 bits per heavy atom. The van der Waals surface area contributed by atoms with Crippen LogP contribution in [-0.4, -0.2) is 96.7 Å². The highest BCUT2D eigenvalue weighted by molar-refractivity contribution is 7.47. The molecule has 0 aliphatic heterocycles. The van der Waals surface area contributed by atoms with Gasteiger partial charge in [0, 0.05) is 25.7 Å². The second-order valence-corrected chi connectivity index (χ2v) is 29.1. The predicted molar refractivity (Wildman–Crippen MR) is 358 cm³/mol. The van der Waals surface area contributed by atoms with Crippen LogP contribution in [0.4, 0.5) is 0 Å². The van der Waals surface area contributed by atoms with E-state index in [9.17, 15) is 43.2 Å². The molecule has 17 nitrogen and oxygen atoms in total. The quantitative estimate of drug-likeness (QED) is 0.0222. The predicted octanol–water partition coefficient (Wildman–Crippen LogP) is 20.0. The van der Waals surface area contributed by atoms with Crippen molar-refractivity contribution in [1.82, 2.24) is 0 Å². The third-order valence-corrected chi connectivity index (χ3v) is 18.1. The normalized spacial score (nSPS) is 14.1. The van der Waals surface area contributed by atoms with E-state index in [-0.39, 0.29) is 25.7 Å². The highest BCUT2D eigenvalue weighted by atomic mass is 31.2. The molecule has 0 heterocycles. The maximum absolute atomic E-state index is 13.0. The number of hydrogen-bond acceptors (Lipinski definition) is 15. The van der Waals surface area contributed by atoms with Gasteiger partial charge in [0.1, 0.15) is 19.3 Å². The molecule has 5 atom stereocenters. The first kappa shape index (κ1) is 87.1. The average molecular weight is 1310 g/mol. The summed E-state index contributed by atoms with van der Waals surface area (Å²) >= 11 is 0. The molecule has 0 aliphatic carbocycles. The minimum atomic E-state index is -4.95. The second kappa shape index (κ2) is 62.2. The summed E-state index contributed by atoms with van der Waals surface area (Å²) in [5.74, 6) is -0.625. The fourth-order valence-corrected chi connectivity index (χ4v) is 12.2. The average Bonchev–Trinajstić information content (AvgIpc) is 3.52. The lowest BCUT2D eigenvalue weighted by molar-refractivity contribution is -0.161. The van der Waals surface area contributed by atoms with Gasteiger partial charge in [-0.2, -0.15) is 0 Å². The first-order valence-electron chi connectivity index (χ1n) is 36.5. The third-order valence-electron chi connectivity index (χ3n) is 16.2. The van der Waals surface area contributed by atoms with E-state index in [1.54, 1.807) is 0 Å². The zero-order valence-electron chi connectivity index (χ0n) is 57.7. The van der Waals surface area contributed by atoms with Gasteiger partial charge in [0.15, 0.2) is 12.2 Å². The number of hydrogen-bond donors (Lipinski definition) is 3. The van der Waals surface area contributed by atoms with E-state index >= 15 is 0 Å². The standard InChI is InChI=1S/C70H136O17P2/c1-7-9-11-13-15-16-17-22-26-29-35-41-47-53-68(73)81-59-66(86-69(74)54-48-42-36-30-27-24-21-19-18-20-23-25-28-33-38-44-50-62(3)4)61-85-89(78,79)83-57-64(71)56-82-88(76,77)84-60-65(58-80-67(72)52-46-40-32-14-12-10-8-2)87-70(75)55-49-43-37-31-34-39-45-51-63(5)6/h62-66,71H,7-61H2,1-6H3,(H,76,77)(H,78,79)/t64-,65+,66+/m0/s1. The molecule has 0 saturated heterocycles.